The Morgan fingerprint density at radius 3 is 2.29 bits per heavy atom. The van der Waals surface area contributed by atoms with Crippen molar-refractivity contribution < 1.29 is 14.9 Å². The molecule has 12 atom stereocenters. The predicted molar refractivity (Wildman–Crippen MR) is 122 cm³/mol. The zero-order valence-corrected chi connectivity index (χ0v) is 20.6. The molecule has 0 aromatic carbocycles. The predicted octanol–water partition coefficient (Wildman–Crippen LogP) is 5.57. The van der Waals surface area contributed by atoms with Crippen molar-refractivity contribution in [3.05, 3.63) is 0 Å². The van der Waals surface area contributed by atoms with Crippen LogP contribution in [0.3, 0.4) is 0 Å². The summed E-state index contributed by atoms with van der Waals surface area (Å²) in [4.78, 5) is 0. The van der Waals surface area contributed by atoms with Crippen LogP contribution < -0.4 is 0 Å². The second kappa shape index (κ2) is 6.51. The van der Waals surface area contributed by atoms with Gasteiger partial charge in [-0.2, -0.15) is 0 Å². The Kier molecular flexibility index (Phi) is 4.50. The number of hydrogen-bond acceptors (Lipinski definition) is 3. The van der Waals surface area contributed by atoms with Gasteiger partial charge in [0.15, 0.2) is 0 Å². The Morgan fingerprint density at radius 1 is 0.871 bits per heavy atom. The molecule has 176 valence electrons. The first-order valence-corrected chi connectivity index (χ1v) is 13.6. The van der Waals surface area contributed by atoms with Crippen molar-refractivity contribution in [1.82, 2.24) is 0 Å². The highest BCUT2D eigenvalue weighted by Gasteiger charge is 2.83. The van der Waals surface area contributed by atoms with E-state index >= 15 is 0 Å². The lowest BCUT2D eigenvalue weighted by atomic mass is 9.48. The number of ether oxygens (including phenoxy) is 1. The average Bonchev–Trinajstić information content (AvgIpc) is 3.04. The van der Waals surface area contributed by atoms with Crippen molar-refractivity contribution >= 4 is 0 Å². The summed E-state index contributed by atoms with van der Waals surface area (Å²) in [7, 11) is 0. The molecular weight excluding hydrogens is 384 g/mol. The maximum Gasteiger partial charge on any atom is 0.0861 e. The maximum atomic E-state index is 11.4. The quantitative estimate of drug-likeness (QED) is 0.602. The highest BCUT2D eigenvalue weighted by molar-refractivity contribution is 5.30. The molecule has 0 radical (unpaired) electrons. The lowest BCUT2D eigenvalue weighted by Gasteiger charge is -2.56. The van der Waals surface area contributed by atoms with Gasteiger partial charge in [-0.25, -0.2) is 0 Å². The number of aliphatic hydroxyl groups is 2. The average molecular weight is 431 g/mol. The van der Waals surface area contributed by atoms with E-state index in [4.69, 9.17) is 4.74 Å². The summed E-state index contributed by atoms with van der Waals surface area (Å²) < 4.78 is 6.48. The number of hydrogen-bond donors (Lipinski definition) is 2. The van der Waals surface area contributed by atoms with E-state index in [9.17, 15) is 10.2 Å². The molecular formula is C28H46O3. The van der Waals surface area contributed by atoms with Crippen molar-refractivity contribution in [2.24, 2.45) is 51.8 Å². The maximum absolute atomic E-state index is 11.4. The van der Waals surface area contributed by atoms with Crippen LogP contribution in [0.5, 0.6) is 0 Å². The van der Waals surface area contributed by atoms with Crippen LogP contribution in [-0.2, 0) is 4.74 Å². The van der Waals surface area contributed by atoms with Gasteiger partial charge in [-0.05, 0) is 111 Å². The van der Waals surface area contributed by atoms with Crippen molar-refractivity contribution in [1.29, 1.82) is 0 Å². The van der Waals surface area contributed by atoms with E-state index in [1.54, 1.807) is 0 Å². The van der Waals surface area contributed by atoms with Gasteiger partial charge in [0.2, 0.25) is 0 Å². The molecule has 0 aromatic heterocycles. The van der Waals surface area contributed by atoms with Gasteiger partial charge in [0.05, 0.1) is 23.9 Å². The van der Waals surface area contributed by atoms with Crippen molar-refractivity contribution in [3.63, 3.8) is 0 Å². The van der Waals surface area contributed by atoms with Gasteiger partial charge >= 0.3 is 0 Å². The summed E-state index contributed by atoms with van der Waals surface area (Å²) >= 11 is 0. The van der Waals surface area contributed by atoms with Crippen molar-refractivity contribution in [2.75, 3.05) is 0 Å². The molecule has 2 N–H and O–H groups in total. The third-order valence-electron chi connectivity index (χ3n) is 12.7. The topological polar surface area (TPSA) is 49.7 Å². The van der Waals surface area contributed by atoms with Gasteiger partial charge in [-0.15, -0.1) is 0 Å². The molecule has 1 heterocycles. The van der Waals surface area contributed by atoms with Gasteiger partial charge in [-0.1, -0.05) is 33.6 Å². The van der Waals surface area contributed by atoms with Gasteiger partial charge < -0.3 is 14.9 Å². The fourth-order valence-corrected chi connectivity index (χ4v) is 11.6. The molecule has 3 heteroatoms. The zero-order chi connectivity index (χ0) is 22.0. The van der Waals surface area contributed by atoms with Crippen LogP contribution >= 0.6 is 0 Å². The summed E-state index contributed by atoms with van der Waals surface area (Å²) in [6.07, 6.45) is 12.6. The first-order chi connectivity index (χ1) is 14.6. The molecule has 3 nitrogen and oxygen atoms in total. The molecule has 6 rings (SSSR count). The normalized spacial score (nSPS) is 60.7. The second-order valence-electron chi connectivity index (χ2n) is 13.8. The van der Waals surface area contributed by atoms with Gasteiger partial charge in [0.1, 0.15) is 0 Å². The minimum Gasteiger partial charge on any atom is -0.393 e. The number of rotatable bonds is 2. The van der Waals surface area contributed by atoms with Gasteiger partial charge in [0.25, 0.3) is 0 Å². The highest BCUT2D eigenvalue weighted by Crippen LogP contribution is 2.88. The van der Waals surface area contributed by atoms with Gasteiger partial charge in [0, 0.05) is 5.92 Å². The SMILES string of the molecule is CC1CCCC23C1CCC1C4CC(O)C(C5CCC(C(C)(C)O)O5)C4(C)CCC12[C@@H]3C. The van der Waals surface area contributed by atoms with Crippen LogP contribution in [0.25, 0.3) is 0 Å². The van der Waals surface area contributed by atoms with E-state index in [0.717, 1.165) is 42.9 Å². The Balaban J connectivity index is 1.29. The van der Waals surface area contributed by atoms with E-state index in [1.807, 2.05) is 13.8 Å². The molecule has 0 bridgehead atoms. The standard InChI is InChI=1S/C28H46O3/c1-16-7-6-12-27-17(2)28(27)14-13-26(5)20(19(28)9-8-18(16)27)15-21(29)24(26)22-10-11-23(31-22)25(3,4)30/h16-24,29-30H,6-15H2,1-5H3/t16?,17-,18?,19?,20?,21?,22?,23?,24?,26?,27?,28?/m1/s1. The fourth-order valence-electron chi connectivity index (χ4n) is 11.6. The highest BCUT2D eigenvalue weighted by atomic mass is 16.5. The molecule has 6 fully saturated rings. The number of aliphatic hydroxyl groups excluding tert-OH is 1. The fraction of sp³-hybridized carbons (Fsp3) is 1.00. The lowest BCUT2D eigenvalue weighted by molar-refractivity contribution is -0.134. The molecule has 0 aromatic rings. The molecule has 5 saturated carbocycles. The Hall–Kier alpha value is -0.120. The number of fused-ring (bicyclic) bond motifs is 2. The molecule has 5 aliphatic carbocycles. The molecule has 11 unspecified atom stereocenters. The molecule has 2 spiro atoms. The summed E-state index contributed by atoms with van der Waals surface area (Å²) in [5.41, 5.74) is 0.621. The van der Waals surface area contributed by atoms with Crippen LogP contribution in [-0.4, -0.2) is 34.1 Å². The lowest BCUT2D eigenvalue weighted by Crippen LogP contribution is -2.51. The molecule has 1 aliphatic heterocycles. The Morgan fingerprint density at radius 2 is 1.58 bits per heavy atom. The summed E-state index contributed by atoms with van der Waals surface area (Å²) in [6, 6.07) is 0. The van der Waals surface area contributed by atoms with Crippen LogP contribution in [0.2, 0.25) is 0 Å². The first-order valence-electron chi connectivity index (χ1n) is 13.6. The Labute approximate surface area is 189 Å². The smallest absolute Gasteiger partial charge is 0.0861 e. The second-order valence-corrected chi connectivity index (χ2v) is 13.8. The largest absolute Gasteiger partial charge is 0.393 e. The van der Waals surface area contributed by atoms with Crippen molar-refractivity contribution in [3.8, 4) is 0 Å². The molecule has 31 heavy (non-hydrogen) atoms. The van der Waals surface area contributed by atoms with Crippen molar-refractivity contribution in [2.45, 2.75) is 123 Å². The monoisotopic (exact) mass is 430 g/mol. The minimum absolute atomic E-state index is 0.0897. The van der Waals surface area contributed by atoms with Crippen LogP contribution in [0, 0.1) is 51.8 Å². The molecule has 1 saturated heterocycles. The van der Waals surface area contributed by atoms with E-state index in [-0.39, 0.29) is 29.6 Å². The van der Waals surface area contributed by atoms with Crippen LogP contribution in [0.1, 0.15) is 98.8 Å². The summed E-state index contributed by atoms with van der Waals surface area (Å²) in [6.45, 7) is 11.4. The first kappa shape index (κ1) is 21.4. The van der Waals surface area contributed by atoms with E-state index in [0.29, 0.717) is 16.7 Å². The third kappa shape index (κ3) is 2.47. The Bertz CT molecular complexity index is 743. The third-order valence-corrected chi connectivity index (χ3v) is 12.7. The van der Waals surface area contributed by atoms with E-state index in [2.05, 4.69) is 20.8 Å². The van der Waals surface area contributed by atoms with E-state index < -0.39 is 5.60 Å². The van der Waals surface area contributed by atoms with Crippen LogP contribution in [0.4, 0.5) is 0 Å². The summed E-state index contributed by atoms with van der Waals surface area (Å²) in [5.74, 6) is 4.49. The molecule has 6 aliphatic rings. The summed E-state index contributed by atoms with van der Waals surface area (Å²) in [5, 5.41) is 21.9. The molecule has 0 amide bonds. The van der Waals surface area contributed by atoms with Gasteiger partial charge in [-0.3, -0.25) is 0 Å². The minimum atomic E-state index is -0.791. The zero-order valence-electron chi connectivity index (χ0n) is 20.6. The van der Waals surface area contributed by atoms with E-state index in [1.165, 1.54) is 44.9 Å². The van der Waals surface area contributed by atoms with Crippen LogP contribution in [0.15, 0.2) is 0 Å².